The molecule has 1 heterocycles. The number of aliphatic carboxylic acids is 1. The number of likely N-dealkylation sites (tertiary alicyclic amines) is 1. The average molecular weight is 299 g/mol. The van der Waals surface area contributed by atoms with Crippen molar-refractivity contribution in [3.63, 3.8) is 0 Å². The van der Waals surface area contributed by atoms with Crippen molar-refractivity contribution >= 4 is 12.0 Å². The maximum atomic E-state index is 11.8. The Hall–Kier alpha value is -1.30. The van der Waals surface area contributed by atoms with E-state index in [0.29, 0.717) is 18.9 Å². The van der Waals surface area contributed by atoms with Crippen LogP contribution in [0.1, 0.15) is 40.0 Å². The summed E-state index contributed by atoms with van der Waals surface area (Å²) in [6, 6.07) is -1.19. The Morgan fingerprint density at radius 3 is 2.38 bits per heavy atom. The van der Waals surface area contributed by atoms with Crippen LogP contribution < -0.4 is 10.6 Å². The van der Waals surface area contributed by atoms with Gasteiger partial charge in [0.1, 0.15) is 6.04 Å². The van der Waals surface area contributed by atoms with Gasteiger partial charge in [-0.1, -0.05) is 20.8 Å². The molecule has 0 aromatic heterocycles. The topological polar surface area (TPSA) is 81.7 Å². The van der Waals surface area contributed by atoms with Crippen LogP contribution in [-0.4, -0.2) is 54.2 Å². The highest BCUT2D eigenvalue weighted by molar-refractivity contribution is 5.82. The number of carbonyl (C=O) groups is 2. The van der Waals surface area contributed by atoms with Crippen LogP contribution in [0.3, 0.4) is 0 Å². The van der Waals surface area contributed by atoms with Crippen molar-refractivity contribution in [3.8, 4) is 0 Å². The van der Waals surface area contributed by atoms with E-state index in [1.54, 1.807) is 0 Å². The minimum Gasteiger partial charge on any atom is -0.480 e. The smallest absolute Gasteiger partial charge is 0.326 e. The third-order valence-electron chi connectivity index (χ3n) is 4.02. The Labute approximate surface area is 127 Å². The van der Waals surface area contributed by atoms with E-state index < -0.39 is 12.0 Å². The van der Waals surface area contributed by atoms with Crippen LogP contribution in [0.4, 0.5) is 4.79 Å². The molecule has 0 radical (unpaired) electrons. The number of carbonyl (C=O) groups excluding carboxylic acids is 1. The van der Waals surface area contributed by atoms with Crippen molar-refractivity contribution in [3.05, 3.63) is 0 Å². The molecule has 1 aliphatic rings. The minimum atomic E-state index is -0.977. The zero-order chi connectivity index (χ0) is 15.8. The van der Waals surface area contributed by atoms with Gasteiger partial charge in [0.2, 0.25) is 0 Å². The summed E-state index contributed by atoms with van der Waals surface area (Å²) in [6.45, 7) is 9.90. The van der Waals surface area contributed by atoms with Crippen LogP contribution in [0.2, 0.25) is 0 Å². The maximum absolute atomic E-state index is 11.8. The first kappa shape index (κ1) is 17.8. The van der Waals surface area contributed by atoms with Gasteiger partial charge in [0, 0.05) is 6.54 Å². The van der Waals surface area contributed by atoms with Crippen LogP contribution in [0.25, 0.3) is 0 Å². The maximum Gasteiger partial charge on any atom is 0.326 e. The van der Waals surface area contributed by atoms with Crippen molar-refractivity contribution < 1.29 is 14.7 Å². The summed E-state index contributed by atoms with van der Waals surface area (Å²) in [5.41, 5.74) is 0. The molecular formula is C15H29N3O3. The van der Waals surface area contributed by atoms with Crippen molar-refractivity contribution in [1.29, 1.82) is 0 Å². The van der Waals surface area contributed by atoms with Crippen molar-refractivity contribution in [1.82, 2.24) is 15.5 Å². The van der Waals surface area contributed by atoms with Crippen molar-refractivity contribution in [2.45, 2.75) is 46.1 Å². The summed E-state index contributed by atoms with van der Waals surface area (Å²) in [6.07, 6.45) is 2.61. The molecule has 0 aliphatic carbocycles. The second-order valence-corrected chi connectivity index (χ2v) is 6.25. The lowest BCUT2D eigenvalue weighted by Gasteiger charge is -2.31. The van der Waals surface area contributed by atoms with E-state index >= 15 is 0 Å². The number of hydrogen-bond donors (Lipinski definition) is 3. The molecule has 0 aromatic carbocycles. The first-order chi connectivity index (χ1) is 9.92. The lowest BCUT2D eigenvalue weighted by molar-refractivity contribution is -0.139. The number of nitrogens with zero attached hydrogens (tertiary/aromatic N) is 1. The second-order valence-electron chi connectivity index (χ2n) is 6.25. The molecule has 6 nitrogen and oxygen atoms in total. The molecule has 1 fully saturated rings. The summed E-state index contributed by atoms with van der Waals surface area (Å²) in [7, 11) is 0. The average Bonchev–Trinajstić information content (AvgIpc) is 2.44. The highest BCUT2D eigenvalue weighted by atomic mass is 16.4. The Morgan fingerprint density at radius 1 is 1.29 bits per heavy atom. The molecule has 0 spiro atoms. The largest absolute Gasteiger partial charge is 0.480 e. The molecule has 2 amide bonds. The van der Waals surface area contributed by atoms with Crippen molar-refractivity contribution in [2.75, 3.05) is 26.2 Å². The van der Waals surface area contributed by atoms with Gasteiger partial charge in [-0.2, -0.15) is 0 Å². The molecule has 0 saturated carbocycles. The minimum absolute atomic E-state index is 0.227. The van der Waals surface area contributed by atoms with Crippen molar-refractivity contribution in [2.24, 2.45) is 11.8 Å². The lowest BCUT2D eigenvalue weighted by atomic mass is 9.97. The highest BCUT2D eigenvalue weighted by Crippen LogP contribution is 2.15. The van der Waals surface area contributed by atoms with Gasteiger partial charge in [-0.3, -0.25) is 0 Å². The zero-order valence-electron chi connectivity index (χ0n) is 13.4. The molecular weight excluding hydrogens is 270 g/mol. The molecule has 0 unspecified atom stereocenters. The van der Waals surface area contributed by atoms with Gasteiger partial charge in [0.15, 0.2) is 0 Å². The van der Waals surface area contributed by atoms with E-state index in [-0.39, 0.29) is 11.9 Å². The first-order valence-electron chi connectivity index (χ1n) is 7.91. The van der Waals surface area contributed by atoms with E-state index in [1.165, 1.54) is 0 Å². The number of rotatable bonds is 7. The molecule has 3 N–H and O–H groups in total. The highest BCUT2D eigenvalue weighted by Gasteiger charge is 2.22. The van der Waals surface area contributed by atoms with Gasteiger partial charge in [-0.15, -0.1) is 0 Å². The summed E-state index contributed by atoms with van der Waals surface area (Å²) in [5, 5.41) is 14.5. The molecule has 6 heteroatoms. The summed E-state index contributed by atoms with van der Waals surface area (Å²) in [4.78, 5) is 25.3. The quantitative estimate of drug-likeness (QED) is 0.665. The Kier molecular flexibility index (Phi) is 7.50. The van der Waals surface area contributed by atoms with Crippen LogP contribution in [-0.2, 0) is 4.79 Å². The molecule has 122 valence electrons. The van der Waals surface area contributed by atoms with E-state index in [0.717, 1.165) is 32.5 Å². The third-order valence-corrected chi connectivity index (χ3v) is 4.02. The summed E-state index contributed by atoms with van der Waals surface area (Å²) < 4.78 is 0. The van der Waals surface area contributed by atoms with Gasteiger partial charge < -0.3 is 20.6 Å². The van der Waals surface area contributed by atoms with Gasteiger partial charge in [-0.05, 0) is 50.7 Å². The Morgan fingerprint density at radius 2 is 1.90 bits per heavy atom. The number of carboxylic acids is 1. The number of amides is 2. The number of urea groups is 1. The van der Waals surface area contributed by atoms with Gasteiger partial charge >= 0.3 is 12.0 Å². The molecule has 1 aliphatic heterocycles. The van der Waals surface area contributed by atoms with Crippen LogP contribution >= 0.6 is 0 Å². The van der Waals surface area contributed by atoms with Crippen LogP contribution in [0.5, 0.6) is 0 Å². The summed E-state index contributed by atoms with van der Waals surface area (Å²) in [5.74, 6) is -0.258. The monoisotopic (exact) mass is 299 g/mol. The standard InChI is InChI=1S/C15H29N3O3/c1-4-18-7-5-12(6-8-18)10-16-15(21)17-13(14(19)20)9-11(2)3/h11-13H,4-10H2,1-3H3,(H,19,20)(H2,16,17,21)/t13-/m1/s1. The van der Waals surface area contributed by atoms with E-state index in [1.807, 2.05) is 13.8 Å². The van der Waals surface area contributed by atoms with Crippen LogP contribution in [0.15, 0.2) is 0 Å². The molecule has 0 bridgehead atoms. The lowest BCUT2D eigenvalue weighted by Crippen LogP contribution is -2.48. The Balaban J connectivity index is 2.28. The summed E-state index contributed by atoms with van der Waals surface area (Å²) >= 11 is 0. The zero-order valence-corrected chi connectivity index (χ0v) is 13.4. The number of carboxylic acid groups (broad SMARTS) is 1. The fraction of sp³-hybridized carbons (Fsp3) is 0.867. The molecule has 1 atom stereocenters. The third kappa shape index (κ3) is 6.80. The van der Waals surface area contributed by atoms with E-state index in [4.69, 9.17) is 5.11 Å². The fourth-order valence-corrected chi connectivity index (χ4v) is 2.65. The number of piperidine rings is 1. The Bertz CT molecular complexity index is 339. The predicted octanol–water partition coefficient (Wildman–Crippen LogP) is 1.52. The van der Waals surface area contributed by atoms with Crippen LogP contribution in [0, 0.1) is 11.8 Å². The molecule has 1 rings (SSSR count). The molecule has 0 aromatic rings. The SMILES string of the molecule is CCN1CCC(CNC(=O)N[C@H](CC(C)C)C(=O)O)CC1. The first-order valence-corrected chi connectivity index (χ1v) is 7.91. The number of nitrogens with one attached hydrogen (secondary N) is 2. The molecule has 1 saturated heterocycles. The van der Waals surface area contributed by atoms with E-state index in [2.05, 4.69) is 22.5 Å². The van der Waals surface area contributed by atoms with Gasteiger partial charge in [0.25, 0.3) is 0 Å². The molecule has 21 heavy (non-hydrogen) atoms. The van der Waals surface area contributed by atoms with Gasteiger partial charge in [-0.25, -0.2) is 9.59 Å². The fourth-order valence-electron chi connectivity index (χ4n) is 2.65. The number of hydrogen-bond acceptors (Lipinski definition) is 3. The van der Waals surface area contributed by atoms with Gasteiger partial charge in [0.05, 0.1) is 0 Å². The normalized spacial score (nSPS) is 18.5. The predicted molar refractivity (Wildman–Crippen MR) is 82.3 cm³/mol. The second kappa shape index (κ2) is 8.87. The van der Waals surface area contributed by atoms with E-state index in [9.17, 15) is 9.59 Å².